The standard InChI is InChI=1S/C19H18BrNO/c1-22-13-6-2-5-12(11-13)18-15-8-3-7-14(15)16-9-4-10-17(20)19(16)21-18/h2-7,9-11,14-15,18,21H,8H2,1H3/t14-,15-,18-/m0/s1. The van der Waals surface area contributed by atoms with E-state index in [1.807, 2.05) is 6.07 Å². The van der Waals surface area contributed by atoms with Gasteiger partial charge in [0.2, 0.25) is 0 Å². The molecule has 0 unspecified atom stereocenters. The Morgan fingerprint density at radius 3 is 2.91 bits per heavy atom. The van der Waals surface area contributed by atoms with E-state index in [1.54, 1.807) is 7.11 Å². The van der Waals surface area contributed by atoms with Gasteiger partial charge in [-0.25, -0.2) is 0 Å². The molecule has 2 aromatic carbocycles. The molecule has 1 aliphatic carbocycles. The SMILES string of the molecule is COc1cccc([C@@H]2Nc3c(Br)cccc3[C@H]3C=CC[C@@H]32)c1. The molecule has 0 saturated heterocycles. The minimum absolute atomic E-state index is 0.307. The topological polar surface area (TPSA) is 21.3 Å². The van der Waals surface area contributed by atoms with Crippen molar-refractivity contribution in [3.05, 3.63) is 70.2 Å². The Morgan fingerprint density at radius 2 is 2.05 bits per heavy atom. The van der Waals surface area contributed by atoms with Crippen LogP contribution in [-0.4, -0.2) is 7.11 Å². The molecule has 0 fully saturated rings. The summed E-state index contributed by atoms with van der Waals surface area (Å²) in [5.74, 6) is 1.97. The molecule has 1 heterocycles. The summed E-state index contributed by atoms with van der Waals surface area (Å²) in [5.41, 5.74) is 3.91. The number of methoxy groups -OCH3 is 1. The smallest absolute Gasteiger partial charge is 0.119 e. The van der Waals surface area contributed by atoms with Crippen LogP contribution in [0.1, 0.15) is 29.5 Å². The van der Waals surface area contributed by atoms with Crippen molar-refractivity contribution in [3.63, 3.8) is 0 Å². The highest BCUT2D eigenvalue weighted by molar-refractivity contribution is 9.10. The molecule has 0 bridgehead atoms. The molecule has 2 aliphatic rings. The second-order valence-corrected chi connectivity index (χ2v) is 6.81. The zero-order chi connectivity index (χ0) is 15.1. The van der Waals surface area contributed by atoms with Crippen LogP contribution in [0.15, 0.2) is 59.1 Å². The summed E-state index contributed by atoms with van der Waals surface area (Å²) < 4.78 is 6.53. The molecule has 22 heavy (non-hydrogen) atoms. The summed E-state index contributed by atoms with van der Waals surface area (Å²) in [6.45, 7) is 0. The monoisotopic (exact) mass is 355 g/mol. The Kier molecular flexibility index (Phi) is 3.45. The molecule has 2 nitrogen and oxygen atoms in total. The Labute approximate surface area is 139 Å². The maximum atomic E-state index is 5.40. The van der Waals surface area contributed by atoms with Crippen molar-refractivity contribution >= 4 is 21.6 Å². The van der Waals surface area contributed by atoms with Crippen LogP contribution in [0.4, 0.5) is 5.69 Å². The van der Waals surface area contributed by atoms with E-state index in [2.05, 4.69) is 69.8 Å². The number of hydrogen-bond donors (Lipinski definition) is 1. The van der Waals surface area contributed by atoms with Crippen molar-refractivity contribution in [1.29, 1.82) is 0 Å². The van der Waals surface area contributed by atoms with Gasteiger partial charge in [-0.2, -0.15) is 0 Å². The summed E-state index contributed by atoms with van der Waals surface area (Å²) in [4.78, 5) is 0. The fourth-order valence-electron chi connectivity index (χ4n) is 3.75. The number of hydrogen-bond acceptors (Lipinski definition) is 2. The summed E-state index contributed by atoms with van der Waals surface area (Å²) in [5, 5.41) is 3.76. The summed E-state index contributed by atoms with van der Waals surface area (Å²) in [6.07, 6.45) is 5.80. The molecule has 0 radical (unpaired) electrons. The first kappa shape index (κ1) is 13.9. The molecule has 1 aliphatic heterocycles. The lowest BCUT2D eigenvalue weighted by Crippen LogP contribution is -2.29. The largest absolute Gasteiger partial charge is 0.497 e. The van der Waals surface area contributed by atoms with Crippen molar-refractivity contribution in [2.45, 2.75) is 18.4 Å². The second kappa shape index (κ2) is 5.47. The molecular formula is C19H18BrNO. The van der Waals surface area contributed by atoms with Crippen LogP contribution in [0.2, 0.25) is 0 Å². The van der Waals surface area contributed by atoms with Gasteiger partial charge in [0.15, 0.2) is 0 Å². The number of para-hydroxylation sites is 1. The average molecular weight is 356 g/mol. The van der Waals surface area contributed by atoms with E-state index in [-0.39, 0.29) is 0 Å². The fraction of sp³-hybridized carbons (Fsp3) is 0.263. The van der Waals surface area contributed by atoms with Gasteiger partial charge in [-0.3, -0.25) is 0 Å². The number of nitrogens with one attached hydrogen (secondary N) is 1. The first-order chi connectivity index (χ1) is 10.8. The fourth-order valence-corrected chi connectivity index (χ4v) is 4.24. The number of fused-ring (bicyclic) bond motifs is 3. The molecule has 0 spiro atoms. The lowest BCUT2D eigenvalue weighted by molar-refractivity contribution is 0.406. The van der Waals surface area contributed by atoms with Gasteiger partial charge in [-0.15, -0.1) is 0 Å². The van der Waals surface area contributed by atoms with Gasteiger partial charge in [0.05, 0.1) is 18.8 Å². The van der Waals surface area contributed by atoms with Crippen molar-refractivity contribution < 1.29 is 4.74 Å². The van der Waals surface area contributed by atoms with E-state index in [0.29, 0.717) is 17.9 Å². The molecule has 3 heteroatoms. The molecule has 4 rings (SSSR count). The van der Waals surface area contributed by atoms with Gasteiger partial charge in [-0.05, 0) is 57.6 Å². The average Bonchev–Trinajstić information content (AvgIpc) is 3.04. The third-order valence-corrected chi connectivity index (χ3v) is 5.46. The summed E-state index contributed by atoms with van der Waals surface area (Å²) in [6, 6.07) is 15.2. The van der Waals surface area contributed by atoms with Crippen molar-refractivity contribution in [3.8, 4) is 5.75 Å². The van der Waals surface area contributed by atoms with Crippen LogP contribution < -0.4 is 10.1 Å². The van der Waals surface area contributed by atoms with Crippen LogP contribution in [0.25, 0.3) is 0 Å². The highest BCUT2D eigenvalue weighted by Crippen LogP contribution is 2.51. The van der Waals surface area contributed by atoms with Crippen molar-refractivity contribution in [2.24, 2.45) is 5.92 Å². The zero-order valence-corrected chi connectivity index (χ0v) is 14.0. The van der Waals surface area contributed by atoms with E-state index in [4.69, 9.17) is 4.74 Å². The Bertz CT molecular complexity index is 740. The molecule has 1 N–H and O–H groups in total. The third kappa shape index (κ3) is 2.15. The van der Waals surface area contributed by atoms with Gasteiger partial charge in [-0.1, -0.05) is 36.4 Å². The maximum Gasteiger partial charge on any atom is 0.119 e. The minimum atomic E-state index is 0.307. The number of anilines is 1. The Balaban J connectivity index is 1.80. The second-order valence-electron chi connectivity index (χ2n) is 5.96. The van der Waals surface area contributed by atoms with Crippen LogP contribution in [-0.2, 0) is 0 Å². The molecule has 112 valence electrons. The normalized spacial score (nSPS) is 25.3. The van der Waals surface area contributed by atoms with Gasteiger partial charge < -0.3 is 10.1 Å². The van der Waals surface area contributed by atoms with Crippen LogP contribution in [0.5, 0.6) is 5.75 Å². The van der Waals surface area contributed by atoms with E-state index in [9.17, 15) is 0 Å². The lowest BCUT2D eigenvalue weighted by Gasteiger charge is -2.38. The van der Waals surface area contributed by atoms with Crippen molar-refractivity contribution in [1.82, 2.24) is 0 Å². The molecule has 0 aromatic heterocycles. The highest BCUT2D eigenvalue weighted by Gasteiger charge is 2.38. The quantitative estimate of drug-likeness (QED) is 0.739. The molecule has 0 saturated carbocycles. The van der Waals surface area contributed by atoms with Gasteiger partial charge in [0, 0.05) is 10.4 Å². The third-order valence-electron chi connectivity index (χ3n) is 4.80. The van der Waals surface area contributed by atoms with E-state index < -0.39 is 0 Å². The van der Waals surface area contributed by atoms with E-state index in [0.717, 1.165) is 16.6 Å². The number of allylic oxidation sites excluding steroid dienone is 2. The number of ether oxygens (including phenoxy) is 1. The van der Waals surface area contributed by atoms with E-state index >= 15 is 0 Å². The maximum absolute atomic E-state index is 5.40. The first-order valence-corrected chi connectivity index (χ1v) is 8.43. The Morgan fingerprint density at radius 1 is 1.18 bits per heavy atom. The first-order valence-electron chi connectivity index (χ1n) is 7.63. The van der Waals surface area contributed by atoms with Gasteiger partial charge in [0.1, 0.15) is 5.75 Å². The summed E-state index contributed by atoms with van der Waals surface area (Å²) in [7, 11) is 1.72. The van der Waals surface area contributed by atoms with Crippen LogP contribution >= 0.6 is 15.9 Å². The number of rotatable bonds is 2. The zero-order valence-electron chi connectivity index (χ0n) is 12.4. The van der Waals surface area contributed by atoms with Crippen LogP contribution in [0.3, 0.4) is 0 Å². The van der Waals surface area contributed by atoms with Gasteiger partial charge >= 0.3 is 0 Å². The Hall–Kier alpha value is -1.74. The molecule has 0 amide bonds. The predicted octanol–water partition coefficient (Wildman–Crippen LogP) is 5.28. The van der Waals surface area contributed by atoms with Crippen LogP contribution in [0, 0.1) is 5.92 Å². The predicted molar refractivity (Wildman–Crippen MR) is 93.5 cm³/mol. The molecular weight excluding hydrogens is 338 g/mol. The van der Waals surface area contributed by atoms with Crippen molar-refractivity contribution in [2.75, 3.05) is 12.4 Å². The lowest BCUT2D eigenvalue weighted by atomic mass is 9.77. The minimum Gasteiger partial charge on any atom is -0.497 e. The molecule has 2 aromatic rings. The highest BCUT2D eigenvalue weighted by atomic mass is 79.9. The molecule has 3 atom stereocenters. The summed E-state index contributed by atoms with van der Waals surface area (Å²) >= 11 is 3.70. The number of halogens is 1. The number of benzene rings is 2. The van der Waals surface area contributed by atoms with E-state index in [1.165, 1.54) is 16.8 Å². The van der Waals surface area contributed by atoms with Gasteiger partial charge in [0.25, 0.3) is 0 Å².